The number of carbonyl (C=O) groups excluding carboxylic acids is 2. The van der Waals surface area contributed by atoms with Crippen LogP contribution in [0.5, 0.6) is 0 Å². The lowest BCUT2D eigenvalue weighted by Gasteiger charge is -2.15. The Kier molecular flexibility index (Phi) is 6.33. The number of hydrogen-bond donors (Lipinski definition) is 3. The van der Waals surface area contributed by atoms with E-state index in [-0.39, 0.29) is 18.0 Å². The zero-order chi connectivity index (χ0) is 21.0. The number of aromatic amines is 1. The number of para-hydroxylation sites is 1. The summed E-state index contributed by atoms with van der Waals surface area (Å²) in [5, 5.41) is 3.68. The second-order valence-corrected chi connectivity index (χ2v) is 7.10. The first kappa shape index (κ1) is 20.6. The van der Waals surface area contributed by atoms with Gasteiger partial charge in [-0.3, -0.25) is 4.79 Å². The van der Waals surface area contributed by atoms with Crippen LogP contribution in [-0.4, -0.2) is 35.0 Å². The van der Waals surface area contributed by atoms with Gasteiger partial charge in [0.05, 0.1) is 13.2 Å². The Labute approximate surface area is 168 Å². The summed E-state index contributed by atoms with van der Waals surface area (Å²) >= 11 is 0. The maximum atomic E-state index is 12.7. The van der Waals surface area contributed by atoms with E-state index < -0.39 is 24.0 Å². The largest absolute Gasteiger partial charge is 0.467 e. The number of oxazole rings is 1. The second kappa shape index (κ2) is 8.91. The van der Waals surface area contributed by atoms with Gasteiger partial charge in [0, 0.05) is 23.5 Å². The van der Waals surface area contributed by atoms with Crippen molar-refractivity contribution in [1.82, 2.24) is 15.3 Å². The highest BCUT2D eigenvalue weighted by Gasteiger charge is 2.26. The first-order valence-corrected chi connectivity index (χ1v) is 9.59. The molecule has 3 aromatic rings. The normalized spacial score (nSPS) is 14.3. The molecule has 0 aliphatic carbocycles. The summed E-state index contributed by atoms with van der Waals surface area (Å²) in [7, 11) is 1.29. The number of methoxy groups -OCH3 is 1. The molecule has 0 aliphatic rings. The molecule has 3 rings (SSSR count). The third kappa shape index (κ3) is 4.48. The van der Waals surface area contributed by atoms with Crippen LogP contribution in [-0.2, 0) is 16.0 Å². The minimum atomic E-state index is -0.866. The first-order valence-electron chi connectivity index (χ1n) is 9.59. The highest BCUT2D eigenvalue weighted by Crippen LogP contribution is 2.22. The lowest BCUT2D eigenvalue weighted by Crippen LogP contribution is -2.43. The average Bonchev–Trinajstić information content (AvgIpc) is 3.39. The molecule has 3 atom stereocenters. The Morgan fingerprint density at radius 3 is 2.83 bits per heavy atom. The van der Waals surface area contributed by atoms with Crippen molar-refractivity contribution >= 4 is 22.8 Å². The number of H-pyrrole nitrogens is 1. The molecule has 1 aromatic carbocycles. The van der Waals surface area contributed by atoms with Crippen LogP contribution in [0.1, 0.15) is 48.3 Å². The average molecular weight is 398 g/mol. The molecule has 0 aliphatic heterocycles. The lowest BCUT2D eigenvalue weighted by molar-refractivity contribution is -0.142. The molecule has 0 saturated heterocycles. The van der Waals surface area contributed by atoms with E-state index in [1.165, 1.54) is 13.4 Å². The molecule has 1 amide bonds. The van der Waals surface area contributed by atoms with Crippen molar-refractivity contribution in [2.75, 3.05) is 7.11 Å². The van der Waals surface area contributed by atoms with Gasteiger partial charge >= 0.3 is 5.97 Å². The Hall–Kier alpha value is -3.13. The number of benzene rings is 1. The van der Waals surface area contributed by atoms with E-state index in [4.69, 9.17) is 14.9 Å². The van der Waals surface area contributed by atoms with E-state index in [9.17, 15) is 9.59 Å². The van der Waals surface area contributed by atoms with Crippen LogP contribution in [0.3, 0.4) is 0 Å². The molecule has 2 heterocycles. The number of nitrogens with one attached hydrogen (secondary N) is 2. The monoisotopic (exact) mass is 398 g/mol. The molecule has 8 nitrogen and oxygen atoms in total. The fourth-order valence-corrected chi connectivity index (χ4v) is 3.13. The van der Waals surface area contributed by atoms with Crippen molar-refractivity contribution in [2.24, 2.45) is 11.7 Å². The standard InChI is InChI=1S/C21H26N4O4/c1-4-12(2)18(22)20-25-17(11-29-20)19(26)24-16(21(27)28-3)9-13-10-23-15-8-6-5-7-14(13)15/h5-8,10-12,16,18,23H,4,9,22H2,1-3H3,(H,24,26). The quantitative estimate of drug-likeness (QED) is 0.501. The van der Waals surface area contributed by atoms with Crippen LogP contribution in [0.4, 0.5) is 0 Å². The summed E-state index contributed by atoms with van der Waals surface area (Å²) in [6.07, 6.45) is 4.22. The van der Waals surface area contributed by atoms with Crippen molar-refractivity contribution in [1.29, 1.82) is 0 Å². The zero-order valence-electron chi connectivity index (χ0n) is 16.8. The fourth-order valence-electron chi connectivity index (χ4n) is 3.13. The van der Waals surface area contributed by atoms with Gasteiger partial charge < -0.3 is 25.2 Å². The van der Waals surface area contributed by atoms with E-state index >= 15 is 0 Å². The molecular weight excluding hydrogens is 372 g/mol. The van der Waals surface area contributed by atoms with Gasteiger partial charge in [0.15, 0.2) is 5.69 Å². The Morgan fingerprint density at radius 1 is 1.34 bits per heavy atom. The molecule has 0 radical (unpaired) electrons. The van der Waals surface area contributed by atoms with E-state index in [1.807, 2.05) is 44.3 Å². The molecule has 0 fully saturated rings. The Balaban J connectivity index is 1.76. The third-order valence-corrected chi connectivity index (χ3v) is 5.19. The number of fused-ring (bicyclic) bond motifs is 1. The predicted molar refractivity (Wildman–Crippen MR) is 108 cm³/mol. The number of rotatable bonds is 8. The van der Waals surface area contributed by atoms with Crippen LogP contribution in [0, 0.1) is 5.92 Å². The second-order valence-electron chi connectivity index (χ2n) is 7.10. The molecule has 0 spiro atoms. The number of hydrogen-bond acceptors (Lipinski definition) is 6. The minimum Gasteiger partial charge on any atom is -0.467 e. The molecule has 29 heavy (non-hydrogen) atoms. The molecule has 2 aromatic heterocycles. The summed E-state index contributed by atoms with van der Waals surface area (Å²) in [4.78, 5) is 32.3. The summed E-state index contributed by atoms with van der Waals surface area (Å²) in [6, 6.07) is 6.48. The van der Waals surface area contributed by atoms with Crippen LogP contribution >= 0.6 is 0 Å². The fraction of sp³-hybridized carbons (Fsp3) is 0.381. The van der Waals surface area contributed by atoms with Crippen molar-refractivity contribution in [2.45, 2.75) is 38.8 Å². The van der Waals surface area contributed by atoms with E-state index in [0.717, 1.165) is 22.9 Å². The van der Waals surface area contributed by atoms with Gasteiger partial charge in [-0.05, 0) is 17.5 Å². The van der Waals surface area contributed by atoms with Crippen molar-refractivity contribution in [3.05, 3.63) is 53.9 Å². The summed E-state index contributed by atoms with van der Waals surface area (Å²) < 4.78 is 10.3. The zero-order valence-corrected chi connectivity index (χ0v) is 16.8. The topological polar surface area (TPSA) is 123 Å². The molecule has 4 N–H and O–H groups in total. The van der Waals surface area contributed by atoms with Crippen molar-refractivity contribution in [3.8, 4) is 0 Å². The van der Waals surface area contributed by atoms with E-state index in [2.05, 4.69) is 15.3 Å². The number of ether oxygens (including phenoxy) is 1. The van der Waals surface area contributed by atoms with Gasteiger partial charge in [-0.2, -0.15) is 0 Å². The van der Waals surface area contributed by atoms with Crippen LogP contribution in [0.15, 0.2) is 41.1 Å². The maximum Gasteiger partial charge on any atom is 0.328 e. The minimum absolute atomic E-state index is 0.0755. The van der Waals surface area contributed by atoms with Crippen LogP contribution in [0.25, 0.3) is 10.9 Å². The van der Waals surface area contributed by atoms with Gasteiger partial charge in [0.1, 0.15) is 12.3 Å². The number of aromatic nitrogens is 2. The molecule has 154 valence electrons. The highest BCUT2D eigenvalue weighted by atomic mass is 16.5. The van der Waals surface area contributed by atoms with Gasteiger partial charge in [-0.15, -0.1) is 0 Å². The van der Waals surface area contributed by atoms with Gasteiger partial charge in [-0.1, -0.05) is 38.5 Å². The summed E-state index contributed by atoms with van der Waals surface area (Å²) in [6.45, 7) is 4.01. The van der Waals surface area contributed by atoms with Crippen molar-refractivity contribution in [3.63, 3.8) is 0 Å². The molecule has 0 bridgehead atoms. The SMILES string of the molecule is CCC(C)C(N)c1nc(C(=O)NC(Cc2c[nH]c3ccccc23)C(=O)OC)co1. The summed E-state index contributed by atoms with van der Waals surface area (Å²) in [5.74, 6) is -0.597. The third-order valence-electron chi connectivity index (χ3n) is 5.19. The Bertz CT molecular complexity index is 993. The maximum absolute atomic E-state index is 12.7. The number of carbonyl (C=O) groups is 2. The smallest absolute Gasteiger partial charge is 0.328 e. The van der Waals surface area contributed by atoms with Crippen molar-refractivity contribution < 1.29 is 18.7 Å². The number of amides is 1. The molecule has 3 unspecified atom stereocenters. The first-order chi connectivity index (χ1) is 13.9. The Morgan fingerprint density at radius 2 is 2.10 bits per heavy atom. The van der Waals surface area contributed by atoms with E-state index in [0.29, 0.717) is 5.89 Å². The highest BCUT2D eigenvalue weighted by molar-refractivity contribution is 5.95. The van der Waals surface area contributed by atoms with Gasteiger partial charge in [0.25, 0.3) is 5.91 Å². The molecular formula is C21H26N4O4. The van der Waals surface area contributed by atoms with Crippen LogP contribution < -0.4 is 11.1 Å². The lowest BCUT2D eigenvalue weighted by atomic mass is 10.0. The van der Waals surface area contributed by atoms with Gasteiger partial charge in [0.2, 0.25) is 5.89 Å². The van der Waals surface area contributed by atoms with E-state index in [1.54, 1.807) is 0 Å². The molecule has 8 heteroatoms. The van der Waals surface area contributed by atoms with Crippen LogP contribution in [0.2, 0.25) is 0 Å². The summed E-state index contributed by atoms with van der Waals surface area (Å²) in [5.41, 5.74) is 8.04. The number of nitrogens with two attached hydrogens (primary N) is 1. The number of nitrogens with zero attached hydrogens (tertiary/aromatic N) is 1. The number of esters is 1. The van der Waals surface area contributed by atoms with Gasteiger partial charge in [-0.25, -0.2) is 9.78 Å². The predicted octanol–water partition coefficient (Wildman–Crippen LogP) is 2.72. The molecule has 0 saturated carbocycles.